The molecule has 96 valence electrons. The van der Waals surface area contributed by atoms with Gasteiger partial charge < -0.3 is 10.6 Å². The van der Waals surface area contributed by atoms with Gasteiger partial charge in [0, 0.05) is 18.8 Å². The summed E-state index contributed by atoms with van der Waals surface area (Å²) in [5.74, 6) is -0.189. The lowest BCUT2D eigenvalue weighted by Crippen LogP contribution is -2.34. The van der Waals surface area contributed by atoms with E-state index in [0.717, 1.165) is 5.56 Å². The number of likely N-dealkylation sites (N-methyl/N-ethyl adjacent to an activating group) is 1. The topological polar surface area (TPSA) is 70.1 Å². The average molecular weight is 245 g/mol. The molecule has 0 aromatic heterocycles. The van der Waals surface area contributed by atoms with Crippen molar-refractivity contribution in [1.29, 1.82) is 5.26 Å². The van der Waals surface area contributed by atoms with Crippen LogP contribution in [0.25, 0.3) is 0 Å². The van der Waals surface area contributed by atoms with Crippen molar-refractivity contribution in [3.63, 3.8) is 0 Å². The molecule has 0 aliphatic rings. The molecule has 0 saturated carbocycles. The third-order valence-corrected chi connectivity index (χ3v) is 2.97. The second kappa shape index (κ2) is 6.65. The third-order valence-electron chi connectivity index (χ3n) is 2.97. The number of nitrogens with zero attached hydrogens (tertiary/aromatic N) is 2. The molecule has 2 N–H and O–H groups in total. The lowest BCUT2D eigenvalue weighted by molar-refractivity contribution is -0.132. The van der Waals surface area contributed by atoms with E-state index in [0.29, 0.717) is 25.2 Å². The first kappa shape index (κ1) is 14.0. The summed E-state index contributed by atoms with van der Waals surface area (Å²) >= 11 is 0. The lowest BCUT2D eigenvalue weighted by atomic mass is 9.99. The van der Waals surface area contributed by atoms with E-state index in [2.05, 4.69) is 6.07 Å². The molecule has 0 heterocycles. The molecule has 1 unspecified atom stereocenters. The van der Waals surface area contributed by atoms with Gasteiger partial charge in [0.15, 0.2) is 0 Å². The Labute approximate surface area is 108 Å². The molecular formula is C14H19N3O. The van der Waals surface area contributed by atoms with Crippen LogP contribution in [0.2, 0.25) is 0 Å². The summed E-state index contributed by atoms with van der Waals surface area (Å²) in [6.45, 7) is 4.89. The number of carbonyl (C=O) groups excluding carboxylic acids is 1. The largest absolute Gasteiger partial charge is 0.399 e. The zero-order valence-electron chi connectivity index (χ0n) is 10.9. The Morgan fingerprint density at radius 1 is 1.56 bits per heavy atom. The molecule has 0 saturated heterocycles. The predicted octanol–water partition coefficient (Wildman–Crippen LogP) is 2.13. The summed E-state index contributed by atoms with van der Waals surface area (Å²) in [7, 11) is 0. The number of nitrogen functional groups attached to an aromatic ring is 1. The SMILES string of the molecule is CCN(CCC#N)C(=O)C(C)c1cccc(N)c1. The van der Waals surface area contributed by atoms with Crippen molar-refractivity contribution < 1.29 is 4.79 Å². The minimum absolute atomic E-state index is 0.0401. The van der Waals surface area contributed by atoms with Gasteiger partial charge in [-0.15, -0.1) is 0 Å². The quantitative estimate of drug-likeness (QED) is 0.808. The van der Waals surface area contributed by atoms with E-state index in [1.807, 2.05) is 32.0 Å². The van der Waals surface area contributed by atoms with Crippen molar-refractivity contribution in [3.05, 3.63) is 29.8 Å². The first-order valence-corrected chi connectivity index (χ1v) is 6.11. The molecule has 1 amide bonds. The van der Waals surface area contributed by atoms with Crippen molar-refractivity contribution in [2.75, 3.05) is 18.8 Å². The molecule has 1 rings (SSSR count). The molecule has 1 atom stereocenters. The molecule has 0 bridgehead atoms. The molecule has 0 aliphatic carbocycles. The summed E-state index contributed by atoms with van der Waals surface area (Å²) < 4.78 is 0. The predicted molar refractivity (Wildman–Crippen MR) is 71.8 cm³/mol. The van der Waals surface area contributed by atoms with Crippen LogP contribution in [0, 0.1) is 11.3 Å². The van der Waals surface area contributed by atoms with E-state index < -0.39 is 0 Å². The molecule has 18 heavy (non-hydrogen) atoms. The Hall–Kier alpha value is -2.02. The first-order chi connectivity index (χ1) is 8.60. The molecular weight excluding hydrogens is 226 g/mol. The highest BCUT2D eigenvalue weighted by atomic mass is 16.2. The highest BCUT2D eigenvalue weighted by Crippen LogP contribution is 2.20. The van der Waals surface area contributed by atoms with Crippen molar-refractivity contribution in [2.45, 2.75) is 26.2 Å². The number of hydrogen-bond donors (Lipinski definition) is 1. The Bertz CT molecular complexity index is 451. The van der Waals surface area contributed by atoms with Gasteiger partial charge in [-0.05, 0) is 31.5 Å². The number of carbonyl (C=O) groups is 1. The molecule has 0 spiro atoms. The van der Waals surface area contributed by atoms with Crippen molar-refractivity contribution >= 4 is 11.6 Å². The van der Waals surface area contributed by atoms with Crippen LogP contribution in [-0.4, -0.2) is 23.9 Å². The Kier molecular flexibility index (Phi) is 5.19. The maximum Gasteiger partial charge on any atom is 0.229 e. The van der Waals surface area contributed by atoms with Crippen molar-refractivity contribution in [2.24, 2.45) is 0 Å². The van der Waals surface area contributed by atoms with Crippen LogP contribution in [0.3, 0.4) is 0 Å². The van der Waals surface area contributed by atoms with Crippen LogP contribution >= 0.6 is 0 Å². The van der Waals surface area contributed by atoms with Gasteiger partial charge in [0.25, 0.3) is 0 Å². The van der Waals surface area contributed by atoms with Crippen LogP contribution in [0.15, 0.2) is 24.3 Å². The molecule has 0 fully saturated rings. The first-order valence-electron chi connectivity index (χ1n) is 6.11. The number of rotatable bonds is 5. The smallest absolute Gasteiger partial charge is 0.229 e. The molecule has 0 aliphatic heterocycles. The summed E-state index contributed by atoms with van der Waals surface area (Å²) in [5, 5.41) is 8.58. The Balaban J connectivity index is 2.79. The number of hydrogen-bond acceptors (Lipinski definition) is 3. The van der Waals surface area contributed by atoms with Crippen LogP contribution in [-0.2, 0) is 4.79 Å². The van der Waals surface area contributed by atoms with Gasteiger partial charge in [-0.3, -0.25) is 4.79 Å². The molecule has 0 radical (unpaired) electrons. The monoisotopic (exact) mass is 245 g/mol. The maximum atomic E-state index is 12.3. The number of nitriles is 1. The van der Waals surface area contributed by atoms with Gasteiger partial charge in [0.05, 0.1) is 18.4 Å². The molecule has 1 aromatic carbocycles. The Morgan fingerprint density at radius 2 is 2.28 bits per heavy atom. The summed E-state index contributed by atoms with van der Waals surface area (Å²) in [6, 6.07) is 9.43. The highest BCUT2D eigenvalue weighted by molar-refractivity contribution is 5.83. The number of benzene rings is 1. The average Bonchev–Trinajstić information content (AvgIpc) is 2.38. The number of anilines is 1. The Morgan fingerprint density at radius 3 is 2.83 bits per heavy atom. The van der Waals surface area contributed by atoms with E-state index in [-0.39, 0.29) is 11.8 Å². The van der Waals surface area contributed by atoms with Gasteiger partial charge in [0.1, 0.15) is 0 Å². The minimum atomic E-state index is -0.229. The van der Waals surface area contributed by atoms with Crippen molar-refractivity contribution in [1.82, 2.24) is 4.90 Å². The lowest BCUT2D eigenvalue weighted by Gasteiger charge is -2.23. The molecule has 4 heteroatoms. The summed E-state index contributed by atoms with van der Waals surface area (Å²) in [6.07, 6.45) is 0.364. The molecule has 1 aromatic rings. The fourth-order valence-corrected chi connectivity index (χ4v) is 1.85. The van der Waals surface area contributed by atoms with Gasteiger partial charge >= 0.3 is 0 Å². The normalized spacial score (nSPS) is 11.6. The van der Waals surface area contributed by atoms with Gasteiger partial charge in [-0.2, -0.15) is 5.26 Å². The van der Waals surface area contributed by atoms with Crippen LogP contribution in [0.4, 0.5) is 5.69 Å². The molecule has 4 nitrogen and oxygen atoms in total. The van der Waals surface area contributed by atoms with Crippen LogP contribution in [0.5, 0.6) is 0 Å². The van der Waals surface area contributed by atoms with Crippen molar-refractivity contribution in [3.8, 4) is 6.07 Å². The third kappa shape index (κ3) is 3.49. The number of nitrogens with two attached hydrogens (primary N) is 1. The van der Waals surface area contributed by atoms with E-state index >= 15 is 0 Å². The second-order valence-electron chi connectivity index (χ2n) is 4.22. The van der Waals surface area contributed by atoms with Gasteiger partial charge in [0.2, 0.25) is 5.91 Å². The summed E-state index contributed by atoms with van der Waals surface area (Å²) in [5.41, 5.74) is 7.29. The summed E-state index contributed by atoms with van der Waals surface area (Å²) in [4.78, 5) is 14.0. The standard InChI is InChI=1S/C14H19N3O/c1-3-17(9-5-8-15)14(18)11(2)12-6-4-7-13(16)10-12/h4,6-7,10-11H,3,5,9,16H2,1-2H3. The van der Waals surface area contributed by atoms with E-state index in [1.165, 1.54) is 0 Å². The zero-order valence-corrected chi connectivity index (χ0v) is 10.9. The number of amides is 1. The van der Waals surface area contributed by atoms with E-state index in [4.69, 9.17) is 11.0 Å². The zero-order chi connectivity index (χ0) is 13.5. The maximum absolute atomic E-state index is 12.3. The van der Waals surface area contributed by atoms with Gasteiger partial charge in [-0.1, -0.05) is 12.1 Å². The fourth-order valence-electron chi connectivity index (χ4n) is 1.85. The second-order valence-corrected chi connectivity index (χ2v) is 4.22. The van der Waals surface area contributed by atoms with E-state index in [1.54, 1.807) is 11.0 Å². The van der Waals surface area contributed by atoms with Crippen LogP contribution in [0.1, 0.15) is 31.7 Å². The van der Waals surface area contributed by atoms with Crippen LogP contribution < -0.4 is 5.73 Å². The van der Waals surface area contributed by atoms with Gasteiger partial charge in [-0.25, -0.2) is 0 Å². The minimum Gasteiger partial charge on any atom is -0.399 e. The highest BCUT2D eigenvalue weighted by Gasteiger charge is 2.20. The fraction of sp³-hybridized carbons (Fsp3) is 0.429. The van der Waals surface area contributed by atoms with E-state index in [9.17, 15) is 4.79 Å².